The summed E-state index contributed by atoms with van der Waals surface area (Å²) in [5, 5.41) is 1.37. The van der Waals surface area contributed by atoms with Crippen molar-refractivity contribution in [3.63, 3.8) is 0 Å². The summed E-state index contributed by atoms with van der Waals surface area (Å²) in [5.74, 6) is -0.306. The summed E-state index contributed by atoms with van der Waals surface area (Å²) in [6.45, 7) is 8.59. The van der Waals surface area contributed by atoms with E-state index in [0.717, 1.165) is 25.9 Å². The van der Waals surface area contributed by atoms with E-state index in [1.165, 1.54) is 28.2 Å². The number of thiazole rings is 1. The van der Waals surface area contributed by atoms with Gasteiger partial charge in [0, 0.05) is 16.6 Å². The molecule has 0 saturated carbocycles. The molecule has 4 rings (SSSR count). The Kier molecular flexibility index (Phi) is 4.76. The molecule has 0 radical (unpaired) electrons. The molecule has 0 aliphatic carbocycles. The number of hydrogen-bond donors (Lipinski definition) is 0. The molecule has 0 bridgehead atoms. The number of rotatable bonds is 3. The van der Waals surface area contributed by atoms with Crippen LogP contribution in [0.5, 0.6) is 0 Å². The highest BCUT2D eigenvalue weighted by Crippen LogP contribution is 2.35. The number of aryl methyl sites for hydroxylation is 2. The lowest BCUT2D eigenvalue weighted by Gasteiger charge is -2.05. The fourth-order valence-corrected chi connectivity index (χ4v) is 5.88. The van der Waals surface area contributed by atoms with Gasteiger partial charge in [0.05, 0.1) is 15.2 Å². The van der Waals surface area contributed by atoms with Crippen LogP contribution in [0.2, 0.25) is 5.02 Å². The van der Waals surface area contributed by atoms with Gasteiger partial charge in [0.25, 0.3) is 5.91 Å². The molecule has 0 fully saturated rings. The number of carbonyl (C=O) groups is 1. The van der Waals surface area contributed by atoms with Gasteiger partial charge in [0.15, 0.2) is 4.80 Å². The Bertz CT molecular complexity index is 1280. The minimum Gasteiger partial charge on any atom is -0.312 e. The molecule has 2 aromatic carbocycles. The van der Waals surface area contributed by atoms with Gasteiger partial charge in [-0.05, 0) is 37.1 Å². The number of carbonyl (C=O) groups excluding carboxylic acids is 1. The average molecular weight is 413 g/mol. The highest BCUT2D eigenvalue weighted by atomic mass is 35.5. The van der Waals surface area contributed by atoms with Gasteiger partial charge in [-0.15, -0.1) is 17.9 Å². The van der Waals surface area contributed by atoms with Crippen molar-refractivity contribution in [1.29, 1.82) is 0 Å². The van der Waals surface area contributed by atoms with Crippen LogP contribution in [0.3, 0.4) is 0 Å². The molecule has 1 amide bonds. The molecule has 6 heteroatoms. The van der Waals surface area contributed by atoms with Crippen LogP contribution in [0.4, 0.5) is 0 Å². The Morgan fingerprint density at radius 2 is 2.00 bits per heavy atom. The number of halogens is 1. The number of benzene rings is 2. The van der Waals surface area contributed by atoms with Crippen molar-refractivity contribution in [2.24, 2.45) is 4.99 Å². The van der Waals surface area contributed by atoms with Crippen molar-refractivity contribution in [1.82, 2.24) is 4.57 Å². The molecule has 0 aliphatic heterocycles. The number of hydrogen-bond acceptors (Lipinski definition) is 3. The van der Waals surface area contributed by atoms with Crippen molar-refractivity contribution in [3.8, 4) is 0 Å². The molecule has 2 aromatic heterocycles. The number of aromatic nitrogens is 1. The molecular weight excluding hydrogens is 396 g/mol. The fraction of sp³-hybridized carbons (Fsp3) is 0.143. The lowest BCUT2D eigenvalue weighted by Crippen LogP contribution is -2.16. The zero-order valence-electron chi connectivity index (χ0n) is 15.0. The topological polar surface area (TPSA) is 34.4 Å². The second-order valence-electron chi connectivity index (χ2n) is 6.37. The van der Waals surface area contributed by atoms with E-state index in [1.54, 1.807) is 0 Å². The van der Waals surface area contributed by atoms with Crippen LogP contribution < -0.4 is 4.80 Å². The third-order valence-corrected chi connectivity index (χ3v) is 7.04. The van der Waals surface area contributed by atoms with E-state index < -0.39 is 0 Å². The maximum absolute atomic E-state index is 12.9. The first-order chi connectivity index (χ1) is 13.0. The third kappa shape index (κ3) is 3.16. The maximum atomic E-state index is 12.9. The lowest BCUT2D eigenvalue weighted by molar-refractivity contribution is 0.100. The molecule has 4 aromatic rings. The molecule has 136 valence electrons. The lowest BCUT2D eigenvalue weighted by atomic mass is 10.1. The van der Waals surface area contributed by atoms with Crippen molar-refractivity contribution in [3.05, 3.63) is 74.9 Å². The van der Waals surface area contributed by atoms with Crippen LogP contribution >= 0.6 is 34.3 Å². The molecule has 0 atom stereocenters. The van der Waals surface area contributed by atoms with Gasteiger partial charge >= 0.3 is 0 Å². The largest absolute Gasteiger partial charge is 0.312 e. The summed E-state index contributed by atoms with van der Waals surface area (Å²) >= 11 is 9.35. The Labute approximate surface area is 169 Å². The zero-order chi connectivity index (χ0) is 19.1. The normalized spacial score (nSPS) is 12.2. The van der Waals surface area contributed by atoms with E-state index in [4.69, 9.17) is 11.6 Å². The Morgan fingerprint density at radius 3 is 2.74 bits per heavy atom. The van der Waals surface area contributed by atoms with Gasteiger partial charge in [0.1, 0.15) is 4.88 Å². The summed E-state index contributed by atoms with van der Waals surface area (Å²) in [5.41, 5.74) is 3.45. The molecule has 3 nitrogen and oxygen atoms in total. The number of fused-ring (bicyclic) bond motifs is 2. The minimum atomic E-state index is -0.306. The highest BCUT2D eigenvalue weighted by molar-refractivity contribution is 7.21. The van der Waals surface area contributed by atoms with Gasteiger partial charge in [0.2, 0.25) is 0 Å². The van der Waals surface area contributed by atoms with Crippen LogP contribution in [0.25, 0.3) is 20.3 Å². The van der Waals surface area contributed by atoms with Gasteiger partial charge < -0.3 is 4.57 Å². The van der Waals surface area contributed by atoms with E-state index in [-0.39, 0.29) is 5.91 Å². The predicted molar refractivity (Wildman–Crippen MR) is 116 cm³/mol. The quantitative estimate of drug-likeness (QED) is 0.373. The van der Waals surface area contributed by atoms with E-state index in [0.29, 0.717) is 21.2 Å². The first kappa shape index (κ1) is 18.2. The molecule has 0 N–H and O–H groups in total. The Balaban J connectivity index is 1.92. The van der Waals surface area contributed by atoms with Gasteiger partial charge in [-0.25, -0.2) is 0 Å². The van der Waals surface area contributed by atoms with Gasteiger partial charge in [-0.1, -0.05) is 53.3 Å². The molecule has 0 spiro atoms. The summed E-state index contributed by atoms with van der Waals surface area (Å²) in [6.07, 6.45) is 1.82. The summed E-state index contributed by atoms with van der Waals surface area (Å²) in [4.78, 5) is 18.5. The second-order valence-corrected chi connectivity index (χ2v) is 8.81. The van der Waals surface area contributed by atoms with Crippen molar-refractivity contribution >= 4 is 60.5 Å². The van der Waals surface area contributed by atoms with Crippen molar-refractivity contribution in [2.45, 2.75) is 20.4 Å². The van der Waals surface area contributed by atoms with Crippen LogP contribution in [-0.2, 0) is 6.54 Å². The Hall–Kier alpha value is -2.21. The van der Waals surface area contributed by atoms with Crippen LogP contribution in [0.1, 0.15) is 20.8 Å². The van der Waals surface area contributed by atoms with Gasteiger partial charge in [-0.2, -0.15) is 4.99 Å². The van der Waals surface area contributed by atoms with Crippen LogP contribution in [0, 0.1) is 13.8 Å². The van der Waals surface area contributed by atoms with Crippen LogP contribution in [0.15, 0.2) is 54.0 Å². The summed E-state index contributed by atoms with van der Waals surface area (Å²) in [7, 11) is 0. The second kappa shape index (κ2) is 7.08. The number of amides is 1. The monoisotopic (exact) mass is 412 g/mol. The SMILES string of the molecule is C=CCn1c(=NC(=O)c2sc3ccccc3c2Cl)sc2cc(C)cc(C)c21. The van der Waals surface area contributed by atoms with E-state index in [9.17, 15) is 4.79 Å². The van der Waals surface area contributed by atoms with E-state index >= 15 is 0 Å². The molecule has 27 heavy (non-hydrogen) atoms. The first-order valence-corrected chi connectivity index (χ1v) is 10.5. The van der Waals surface area contributed by atoms with E-state index in [2.05, 4.69) is 37.6 Å². The van der Waals surface area contributed by atoms with Crippen molar-refractivity contribution < 1.29 is 4.79 Å². The number of allylic oxidation sites excluding steroid dienone is 1. The molecular formula is C21H17ClN2OS2. The fourth-order valence-electron chi connectivity index (χ4n) is 3.26. The summed E-state index contributed by atoms with van der Waals surface area (Å²) in [6, 6.07) is 12.0. The van der Waals surface area contributed by atoms with E-state index in [1.807, 2.05) is 34.9 Å². The zero-order valence-corrected chi connectivity index (χ0v) is 17.3. The molecule has 2 heterocycles. The highest BCUT2D eigenvalue weighted by Gasteiger charge is 2.17. The first-order valence-electron chi connectivity index (χ1n) is 8.47. The van der Waals surface area contributed by atoms with Crippen molar-refractivity contribution in [2.75, 3.05) is 0 Å². The minimum absolute atomic E-state index is 0.306. The summed E-state index contributed by atoms with van der Waals surface area (Å²) < 4.78 is 4.15. The standard InChI is InChI=1S/C21H17ClN2OS2/c1-4-9-24-18-13(3)10-12(2)11-16(18)27-21(24)23-20(25)19-17(22)14-7-5-6-8-15(14)26-19/h4-8,10-11H,1,9H2,2-3H3. The molecule has 0 unspecified atom stereocenters. The average Bonchev–Trinajstić information content (AvgIpc) is 3.14. The van der Waals surface area contributed by atoms with Crippen LogP contribution in [-0.4, -0.2) is 10.5 Å². The predicted octanol–water partition coefficient (Wildman–Crippen LogP) is 6.11. The number of nitrogens with zero attached hydrogens (tertiary/aromatic N) is 2. The van der Waals surface area contributed by atoms with Gasteiger partial charge in [-0.3, -0.25) is 4.79 Å². The Morgan fingerprint density at radius 1 is 1.22 bits per heavy atom. The number of thiophene rings is 1. The smallest absolute Gasteiger partial charge is 0.291 e. The molecule has 0 aliphatic rings. The maximum Gasteiger partial charge on any atom is 0.291 e. The third-order valence-electron chi connectivity index (χ3n) is 4.35. The molecule has 0 saturated heterocycles.